The molecule has 0 amide bonds. The van der Waals surface area contributed by atoms with Crippen LogP contribution in [0.3, 0.4) is 0 Å². The maximum absolute atomic E-state index is 3.90. The summed E-state index contributed by atoms with van der Waals surface area (Å²) in [6, 6.07) is 52.5. The Balaban J connectivity index is 0.000000160. The summed E-state index contributed by atoms with van der Waals surface area (Å²) in [6.07, 6.45) is 7.38. The first-order chi connectivity index (χ1) is 30.6. The summed E-state index contributed by atoms with van der Waals surface area (Å²) in [5, 5.41) is 5.64. The Kier molecular flexibility index (Phi) is 17.9. The first-order valence-corrected chi connectivity index (χ1v) is 25.9. The van der Waals surface area contributed by atoms with Crippen LogP contribution in [0.4, 0.5) is 0 Å². The van der Waals surface area contributed by atoms with Gasteiger partial charge in [0, 0.05) is 20.4 Å². The summed E-state index contributed by atoms with van der Waals surface area (Å²) >= 11 is 1.81. The van der Waals surface area contributed by atoms with Crippen molar-refractivity contribution in [3.05, 3.63) is 219 Å². The highest BCUT2D eigenvalue weighted by Gasteiger charge is 2.36. The minimum Gasteiger partial charge on any atom is -0.135 e. The molecule has 0 aliphatic heterocycles. The van der Waals surface area contributed by atoms with E-state index in [1.165, 1.54) is 97.8 Å². The van der Waals surface area contributed by atoms with Gasteiger partial charge >= 0.3 is 0 Å². The summed E-state index contributed by atoms with van der Waals surface area (Å²) in [5.74, 6) is 0.574. The minimum atomic E-state index is 0.0825. The van der Waals surface area contributed by atoms with Crippen LogP contribution in [0.15, 0.2) is 158 Å². The van der Waals surface area contributed by atoms with Crippen LogP contribution >= 0.6 is 19.3 Å². The van der Waals surface area contributed by atoms with Gasteiger partial charge in [0.25, 0.3) is 0 Å². The summed E-state index contributed by atoms with van der Waals surface area (Å²) in [5.41, 5.74) is 16.8. The van der Waals surface area contributed by atoms with Crippen molar-refractivity contribution in [2.75, 3.05) is 13.3 Å². The fraction of sp³-hybridized carbons (Fsp3) is 0.258. The SMILES string of the molecule is C=Cc1sc2ccc(C(C)C)cc2c1/C=C\C.CCc1cccc(P(C)C)c1.Cc1ccc2c(c1)C(C)(C)c1cc(C)c3ccccc3c1-2.Cc1cccc(C)c1.Cc1ccccc1. The fourth-order valence-corrected chi connectivity index (χ4v) is 10.1. The van der Waals surface area contributed by atoms with E-state index in [4.69, 9.17) is 0 Å². The van der Waals surface area contributed by atoms with Crippen molar-refractivity contribution >= 4 is 57.6 Å². The Bertz CT molecular complexity index is 2790. The molecule has 0 N–H and O–H groups in total. The smallest absolute Gasteiger partial charge is 0.0355 e. The van der Waals surface area contributed by atoms with Gasteiger partial charge in [0.15, 0.2) is 0 Å². The molecule has 0 radical (unpaired) electrons. The molecule has 8 aromatic rings. The van der Waals surface area contributed by atoms with Gasteiger partial charge < -0.3 is 0 Å². The van der Waals surface area contributed by atoms with E-state index in [-0.39, 0.29) is 13.3 Å². The number of fused-ring (bicyclic) bond motifs is 6. The zero-order valence-corrected chi connectivity index (χ0v) is 42.6. The zero-order chi connectivity index (χ0) is 46.6. The van der Waals surface area contributed by atoms with Gasteiger partial charge in [0.05, 0.1) is 0 Å². The molecular weight excluding hydrogens is 808 g/mol. The van der Waals surface area contributed by atoms with Crippen LogP contribution in [0.2, 0.25) is 0 Å². The molecule has 1 heterocycles. The monoisotopic (exact) mass is 879 g/mol. The molecule has 1 aromatic heterocycles. The molecule has 0 saturated heterocycles. The third-order valence-corrected chi connectivity index (χ3v) is 14.4. The molecule has 1 aliphatic carbocycles. The average molecular weight is 879 g/mol. The van der Waals surface area contributed by atoms with E-state index in [2.05, 4.69) is 236 Å². The van der Waals surface area contributed by atoms with Gasteiger partial charge in [-0.3, -0.25) is 0 Å². The molecule has 2 heteroatoms. The molecule has 0 fully saturated rings. The average Bonchev–Trinajstić information content (AvgIpc) is 3.74. The van der Waals surface area contributed by atoms with Gasteiger partial charge in [-0.1, -0.05) is 223 Å². The van der Waals surface area contributed by atoms with Crippen molar-refractivity contribution in [3.63, 3.8) is 0 Å². The molecule has 0 atom stereocenters. The predicted octanol–water partition coefficient (Wildman–Crippen LogP) is 18.4. The Labute approximate surface area is 392 Å². The van der Waals surface area contributed by atoms with E-state index in [1.54, 1.807) is 0 Å². The van der Waals surface area contributed by atoms with E-state index in [1.807, 2.05) is 35.6 Å². The number of benzene rings is 7. The van der Waals surface area contributed by atoms with Crippen LogP contribution in [-0.4, -0.2) is 13.3 Å². The molecule has 0 bridgehead atoms. The largest absolute Gasteiger partial charge is 0.135 e. The lowest BCUT2D eigenvalue weighted by molar-refractivity contribution is 0.659. The molecule has 1 aliphatic rings. The Morgan fingerprint density at radius 3 is 1.81 bits per heavy atom. The van der Waals surface area contributed by atoms with Gasteiger partial charge in [-0.2, -0.15) is 0 Å². The van der Waals surface area contributed by atoms with Crippen LogP contribution in [0.1, 0.15) is 108 Å². The van der Waals surface area contributed by atoms with Crippen molar-refractivity contribution < 1.29 is 0 Å². The van der Waals surface area contributed by atoms with Crippen LogP contribution in [0, 0.1) is 34.6 Å². The van der Waals surface area contributed by atoms with Gasteiger partial charge in [-0.25, -0.2) is 0 Å². The number of rotatable bonds is 5. The molecule has 9 rings (SSSR count). The van der Waals surface area contributed by atoms with Crippen LogP contribution < -0.4 is 5.30 Å². The molecule has 0 unspecified atom stereocenters. The quantitative estimate of drug-likeness (QED) is 0.151. The maximum atomic E-state index is 3.90. The molecule has 64 heavy (non-hydrogen) atoms. The van der Waals surface area contributed by atoms with Gasteiger partial charge in [0.1, 0.15) is 0 Å². The molecule has 0 spiro atoms. The first-order valence-electron chi connectivity index (χ1n) is 22.9. The molecule has 0 nitrogen and oxygen atoms in total. The van der Waals surface area contributed by atoms with Crippen molar-refractivity contribution in [1.82, 2.24) is 0 Å². The number of hydrogen-bond acceptors (Lipinski definition) is 1. The number of thiophene rings is 1. The summed E-state index contributed by atoms with van der Waals surface area (Å²) < 4.78 is 1.34. The van der Waals surface area contributed by atoms with Gasteiger partial charge in [0.2, 0.25) is 0 Å². The number of aryl methyl sites for hydroxylation is 6. The van der Waals surface area contributed by atoms with E-state index in [9.17, 15) is 0 Å². The number of allylic oxidation sites excluding steroid dienone is 1. The zero-order valence-electron chi connectivity index (χ0n) is 40.9. The van der Waals surface area contributed by atoms with Crippen molar-refractivity contribution in [3.8, 4) is 11.1 Å². The topological polar surface area (TPSA) is 0 Å². The fourth-order valence-electron chi connectivity index (χ4n) is 8.28. The van der Waals surface area contributed by atoms with Crippen molar-refractivity contribution in [2.45, 2.75) is 93.9 Å². The Morgan fingerprint density at radius 1 is 0.625 bits per heavy atom. The Morgan fingerprint density at radius 2 is 1.25 bits per heavy atom. The Hall–Kier alpha value is -5.33. The second-order valence-corrected chi connectivity index (χ2v) is 21.4. The molecule has 7 aromatic carbocycles. The summed E-state index contributed by atoms with van der Waals surface area (Å²) in [7, 11) is 0.0825. The lowest BCUT2D eigenvalue weighted by Crippen LogP contribution is -2.15. The van der Waals surface area contributed by atoms with Crippen LogP contribution in [-0.2, 0) is 11.8 Å². The standard InChI is InChI=1S/C21H20.C16H18S.C10H15P.C8H10.C7H8/c1-13-9-10-17-18(11-13)21(3,4)19-12-14(2)15-7-5-6-8-16(15)20(17)19;1-5-7-13-14-10-12(11(3)4)8-9-16(14)17-15(13)6-2;1-4-9-6-5-7-10(8-9)11(2)3;1-7-4-3-5-8(2)6-7;1-7-5-3-2-4-6-7/h5-12H,1-4H3;5-11H,2H2,1,3-4H3;5-8H,4H2,1-3H3;3-6H,1-2H3;2-6H,1H3/b;7-5-;;;. The van der Waals surface area contributed by atoms with E-state index in [0.29, 0.717) is 5.92 Å². The second-order valence-electron chi connectivity index (χ2n) is 18.1. The number of hydrogen-bond donors (Lipinski definition) is 0. The van der Waals surface area contributed by atoms with E-state index < -0.39 is 0 Å². The maximum Gasteiger partial charge on any atom is 0.0355 e. The highest BCUT2D eigenvalue weighted by molar-refractivity contribution is 7.64. The van der Waals surface area contributed by atoms with E-state index >= 15 is 0 Å². The lowest BCUT2D eigenvalue weighted by Gasteiger charge is -2.22. The summed E-state index contributed by atoms with van der Waals surface area (Å²) in [4.78, 5) is 1.26. The highest BCUT2D eigenvalue weighted by atomic mass is 32.1. The molecule has 330 valence electrons. The van der Waals surface area contributed by atoms with Gasteiger partial charge in [-0.05, 0) is 140 Å². The molecular formula is C62H71PS. The van der Waals surface area contributed by atoms with Crippen LogP contribution in [0.5, 0.6) is 0 Å². The van der Waals surface area contributed by atoms with Crippen LogP contribution in [0.25, 0.3) is 44.1 Å². The van der Waals surface area contributed by atoms with E-state index in [0.717, 1.165) is 6.42 Å². The third-order valence-electron chi connectivity index (χ3n) is 12.0. The first kappa shape index (κ1) is 49.7. The minimum absolute atomic E-state index is 0.0825. The highest BCUT2D eigenvalue weighted by Crippen LogP contribution is 2.52. The van der Waals surface area contributed by atoms with Crippen molar-refractivity contribution in [2.24, 2.45) is 0 Å². The lowest BCUT2D eigenvalue weighted by atomic mass is 9.81. The predicted molar refractivity (Wildman–Crippen MR) is 293 cm³/mol. The molecule has 0 saturated carbocycles. The third kappa shape index (κ3) is 12.5. The summed E-state index contributed by atoms with van der Waals surface area (Å²) in [6.45, 7) is 32.6. The van der Waals surface area contributed by atoms with Gasteiger partial charge in [-0.15, -0.1) is 11.3 Å². The second kappa shape index (κ2) is 23.0. The normalized spacial score (nSPS) is 12.0. The van der Waals surface area contributed by atoms with Crippen molar-refractivity contribution in [1.29, 1.82) is 0 Å².